The van der Waals surface area contributed by atoms with Gasteiger partial charge in [0.1, 0.15) is 0 Å². The monoisotopic (exact) mass is 397 g/mol. The summed E-state index contributed by atoms with van der Waals surface area (Å²) in [6, 6.07) is 10.2. The predicted molar refractivity (Wildman–Crippen MR) is 110 cm³/mol. The van der Waals surface area contributed by atoms with Gasteiger partial charge in [-0.3, -0.25) is 4.98 Å². The molecule has 0 aliphatic carbocycles. The van der Waals surface area contributed by atoms with Gasteiger partial charge in [0.15, 0.2) is 0 Å². The maximum Gasteiger partial charge on any atom is 0.215 e. The van der Waals surface area contributed by atoms with Gasteiger partial charge >= 0.3 is 0 Å². The van der Waals surface area contributed by atoms with E-state index in [-0.39, 0.29) is 0 Å². The second kappa shape index (κ2) is 6.85. The van der Waals surface area contributed by atoms with E-state index >= 15 is 0 Å². The molecule has 2 aliphatic rings. The highest BCUT2D eigenvalue weighted by Gasteiger charge is 2.41. The summed E-state index contributed by atoms with van der Waals surface area (Å²) in [5.74, 6) is -0.802. The van der Waals surface area contributed by atoms with Crippen molar-refractivity contribution in [2.24, 2.45) is 0 Å². The number of hydrogen-bond donors (Lipinski definition) is 0. The third-order valence-corrected chi connectivity index (χ3v) is 6.11. The lowest BCUT2D eigenvalue weighted by atomic mass is 10.0. The van der Waals surface area contributed by atoms with Gasteiger partial charge in [-0.2, -0.15) is 0 Å². The van der Waals surface area contributed by atoms with E-state index in [0.29, 0.717) is 19.8 Å². The molecular weight excluding hydrogens is 374 g/mol. The Labute approximate surface area is 169 Å². The fraction of sp³-hybridized carbons (Fsp3) is 0.409. The maximum atomic E-state index is 6.33. The van der Waals surface area contributed by atoms with Crippen LogP contribution >= 0.6 is 11.6 Å². The van der Waals surface area contributed by atoms with Crippen LogP contribution in [0.2, 0.25) is 5.02 Å². The minimum absolute atomic E-state index is 0.587. The van der Waals surface area contributed by atoms with Gasteiger partial charge in [-0.05, 0) is 43.8 Å². The highest BCUT2D eigenvalue weighted by molar-refractivity contribution is 6.31. The van der Waals surface area contributed by atoms with Gasteiger partial charge in [-0.15, -0.1) is 0 Å². The van der Waals surface area contributed by atoms with Crippen molar-refractivity contribution in [3.63, 3.8) is 0 Å². The van der Waals surface area contributed by atoms with Crippen LogP contribution in [0.1, 0.15) is 22.5 Å². The lowest BCUT2D eigenvalue weighted by molar-refractivity contribution is -0.176. The number of nitrogens with zero attached hydrogens (tertiary/aromatic N) is 3. The zero-order valence-corrected chi connectivity index (χ0v) is 17.0. The lowest BCUT2D eigenvalue weighted by Gasteiger charge is -2.31. The molecule has 3 aromatic rings. The SMILES string of the molecule is Cc1ccc(C2(Cn3c4c(c5cc(Cl)ccc53)CN(C)CC4)OCCO2)cn1. The first-order chi connectivity index (χ1) is 13.6. The van der Waals surface area contributed by atoms with Gasteiger partial charge in [0, 0.05) is 58.6 Å². The first kappa shape index (κ1) is 18.1. The first-order valence-electron chi connectivity index (χ1n) is 9.75. The fourth-order valence-electron chi connectivity index (χ4n) is 4.44. The van der Waals surface area contributed by atoms with Crippen molar-refractivity contribution in [1.82, 2.24) is 14.5 Å². The molecule has 0 spiro atoms. The molecule has 0 saturated carbocycles. The van der Waals surface area contributed by atoms with Crippen molar-refractivity contribution in [2.75, 3.05) is 26.8 Å². The Bertz CT molecular complexity index is 1020. The summed E-state index contributed by atoms with van der Waals surface area (Å²) in [6.07, 6.45) is 2.88. The van der Waals surface area contributed by atoms with Crippen molar-refractivity contribution in [3.05, 3.63) is 64.1 Å². The maximum absolute atomic E-state index is 6.33. The molecule has 6 heteroatoms. The molecule has 2 aliphatic heterocycles. The molecule has 0 amide bonds. The Morgan fingerprint density at radius 3 is 2.75 bits per heavy atom. The highest BCUT2D eigenvalue weighted by Crippen LogP contribution is 2.38. The second-order valence-electron chi connectivity index (χ2n) is 7.80. The van der Waals surface area contributed by atoms with Gasteiger partial charge in [0.05, 0.1) is 19.8 Å². The van der Waals surface area contributed by atoms with Crippen molar-refractivity contribution in [3.8, 4) is 0 Å². The number of fused-ring (bicyclic) bond motifs is 3. The van der Waals surface area contributed by atoms with E-state index in [1.807, 2.05) is 25.3 Å². The van der Waals surface area contributed by atoms with E-state index in [0.717, 1.165) is 35.8 Å². The van der Waals surface area contributed by atoms with Crippen molar-refractivity contribution in [1.29, 1.82) is 0 Å². The number of pyridine rings is 1. The summed E-state index contributed by atoms with van der Waals surface area (Å²) < 4.78 is 14.8. The van der Waals surface area contributed by atoms with E-state index in [9.17, 15) is 0 Å². The molecular formula is C22H24ClN3O2. The van der Waals surface area contributed by atoms with Gasteiger partial charge in [-0.1, -0.05) is 17.7 Å². The fourth-order valence-corrected chi connectivity index (χ4v) is 4.62. The number of benzene rings is 1. The number of likely N-dealkylation sites (N-methyl/N-ethyl adjacent to an activating group) is 1. The van der Waals surface area contributed by atoms with E-state index < -0.39 is 5.79 Å². The Hall–Kier alpha value is -1.92. The molecule has 0 bridgehead atoms. The summed E-state index contributed by atoms with van der Waals surface area (Å²) >= 11 is 6.33. The summed E-state index contributed by atoms with van der Waals surface area (Å²) in [5, 5.41) is 2.00. The zero-order chi connectivity index (χ0) is 19.3. The van der Waals surface area contributed by atoms with Crippen LogP contribution in [0, 0.1) is 6.92 Å². The molecule has 0 radical (unpaired) electrons. The van der Waals surface area contributed by atoms with Gasteiger partial charge in [0.2, 0.25) is 5.79 Å². The molecule has 0 unspecified atom stereocenters. The largest absolute Gasteiger partial charge is 0.342 e. The Kier molecular flexibility index (Phi) is 4.43. The van der Waals surface area contributed by atoms with Crippen LogP contribution in [0.5, 0.6) is 0 Å². The molecule has 1 fully saturated rings. The minimum atomic E-state index is -0.802. The number of ether oxygens (including phenoxy) is 2. The van der Waals surface area contributed by atoms with Crippen molar-refractivity contribution in [2.45, 2.75) is 32.2 Å². The normalized spacial score (nSPS) is 19.2. The quantitative estimate of drug-likeness (QED) is 0.672. The standard InChI is InChI=1S/C22H24ClN3O2/c1-15-3-4-16(12-24-15)22(27-9-10-28-22)14-26-20-6-5-17(23)11-18(20)19-13-25(2)8-7-21(19)26/h3-6,11-12H,7-10,13-14H2,1-2H3. The average molecular weight is 398 g/mol. The molecule has 0 atom stereocenters. The topological polar surface area (TPSA) is 39.5 Å². The molecule has 2 aromatic heterocycles. The summed E-state index contributed by atoms with van der Waals surface area (Å²) in [6.45, 7) is 5.74. The summed E-state index contributed by atoms with van der Waals surface area (Å²) in [7, 11) is 2.17. The number of halogens is 1. The van der Waals surface area contributed by atoms with Crippen LogP contribution in [-0.4, -0.2) is 41.3 Å². The summed E-state index contributed by atoms with van der Waals surface area (Å²) in [5.41, 5.74) is 5.85. The third-order valence-electron chi connectivity index (χ3n) is 5.88. The van der Waals surface area contributed by atoms with Crippen LogP contribution < -0.4 is 0 Å². The molecule has 5 nitrogen and oxygen atoms in total. The van der Waals surface area contributed by atoms with Crippen LogP contribution in [0.4, 0.5) is 0 Å². The highest BCUT2D eigenvalue weighted by atomic mass is 35.5. The van der Waals surface area contributed by atoms with Gasteiger partial charge in [0.25, 0.3) is 0 Å². The Morgan fingerprint density at radius 1 is 1.18 bits per heavy atom. The van der Waals surface area contributed by atoms with Crippen LogP contribution in [-0.2, 0) is 34.8 Å². The zero-order valence-electron chi connectivity index (χ0n) is 16.2. The molecule has 1 saturated heterocycles. The number of aryl methyl sites for hydroxylation is 1. The predicted octanol–water partition coefficient (Wildman–Crippen LogP) is 3.89. The Morgan fingerprint density at radius 2 is 2.00 bits per heavy atom. The summed E-state index contributed by atoms with van der Waals surface area (Å²) in [4.78, 5) is 6.83. The molecule has 28 heavy (non-hydrogen) atoms. The van der Waals surface area contributed by atoms with Crippen LogP contribution in [0.25, 0.3) is 10.9 Å². The van der Waals surface area contributed by atoms with E-state index in [1.165, 1.54) is 22.2 Å². The van der Waals surface area contributed by atoms with E-state index in [2.05, 4.69) is 39.7 Å². The number of rotatable bonds is 3. The number of hydrogen-bond acceptors (Lipinski definition) is 4. The minimum Gasteiger partial charge on any atom is -0.342 e. The molecule has 0 N–H and O–H groups in total. The first-order valence-corrected chi connectivity index (χ1v) is 10.1. The van der Waals surface area contributed by atoms with Gasteiger partial charge in [-0.25, -0.2) is 0 Å². The third kappa shape index (κ3) is 2.94. The van der Waals surface area contributed by atoms with Crippen molar-refractivity contribution >= 4 is 22.5 Å². The number of aromatic nitrogens is 2. The molecule has 4 heterocycles. The van der Waals surface area contributed by atoms with E-state index in [4.69, 9.17) is 21.1 Å². The van der Waals surface area contributed by atoms with Crippen LogP contribution in [0.3, 0.4) is 0 Å². The second-order valence-corrected chi connectivity index (χ2v) is 8.24. The molecule has 1 aromatic carbocycles. The lowest BCUT2D eigenvalue weighted by Crippen LogP contribution is -2.35. The Balaban J connectivity index is 1.65. The van der Waals surface area contributed by atoms with Crippen molar-refractivity contribution < 1.29 is 9.47 Å². The van der Waals surface area contributed by atoms with Crippen LogP contribution in [0.15, 0.2) is 36.5 Å². The molecule has 5 rings (SSSR count). The smallest absolute Gasteiger partial charge is 0.215 e. The van der Waals surface area contributed by atoms with E-state index in [1.54, 1.807) is 0 Å². The average Bonchev–Trinajstić information content (AvgIpc) is 3.27. The molecule has 146 valence electrons. The van der Waals surface area contributed by atoms with Gasteiger partial charge < -0.3 is 18.9 Å².